The van der Waals surface area contributed by atoms with Crippen molar-refractivity contribution in [3.63, 3.8) is 0 Å². The van der Waals surface area contributed by atoms with Crippen LogP contribution < -0.4 is 0 Å². The highest BCUT2D eigenvalue weighted by Gasteiger charge is 2.17. The van der Waals surface area contributed by atoms with Crippen molar-refractivity contribution in [2.24, 2.45) is 5.92 Å². The number of β-amino-alcohol motifs (C(OH)–C–C–N with tert-alkyl or cyclic N) is 1. The Morgan fingerprint density at radius 1 is 1.28 bits per heavy atom. The minimum Gasteiger partial charge on any atom is -0.389 e. The van der Waals surface area contributed by atoms with Gasteiger partial charge in [-0.2, -0.15) is 0 Å². The molecule has 1 heterocycles. The second kappa shape index (κ2) is 9.73. The Kier molecular flexibility index (Phi) is 8.59. The molecule has 0 bridgehead atoms. The molecule has 4 nitrogen and oxygen atoms in total. The molecule has 1 aliphatic rings. The standard InChI is InChI=1S/C14H29NO3/c1-3-13-5-4-7-15(8-6-13)11-14(16)12-18-10-9-17-2/h13-14,16H,3-12H2,1-2H3. The van der Waals surface area contributed by atoms with Crippen LogP contribution in [-0.2, 0) is 9.47 Å². The van der Waals surface area contributed by atoms with Crippen molar-refractivity contribution in [2.45, 2.75) is 38.7 Å². The maximum atomic E-state index is 9.91. The van der Waals surface area contributed by atoms with Gasteiger partial charge in [0.2, 0.25) is 0 Å². The summed E-state index contributed by atoms with van der Waals surface area (Å²) in [5, 5.41) is 9.91. The lowest BCUT2D eigenvalue weighted by atomic mass is 9.98. The molecule has 0 aromatic rings. The van der Waals surface area contributed by atoms with Crippen molar-refractivity contribution in [3.8, 4) is 0 Å². The molecule has 18 heavy (non-hydrogen) atoms. The van der Waals surface area contributed by atoms with E-state index in [9.17, 15) is 5.11 Å². The number of methoxy groups -OCH3 is 1. The number of ether oxygens (including phenoxy) is 2. The third-order valence-corrected chi connectivity index (χ3v) is 3.73. The molecule has 4 heteroatoms. The summed E-state index contributed by atoms with van der Waals surface area (Å²) in [5.74, 6) is 0.880. The first-order chi connectivity index (χ1) is 8.76. The molecule has 0 aromatic heterocycles. The maximum Gasteiger partial charge on any atom is 0.0900 e. The molecule has 1 fully saturated rings. The SMILES string of the molecule is CCC1CCCN(CC(O)COCCOC)CC1. The third kappa shape index (κ3) is 6.69. The van der Waals surface area contributed by atoms with E-state index in [0.717, 1.165) is 25.6 Å². The summed E-state index contributed by atoms with van der Waals surface area (Å²) in [4.78, 5) is 2.38. The van der Waals surface area contributed by atoms with Crippen molar-refractivity contribution in [3.05, 3.63) is 0 Å². The predicted molar refractivity (Wildman–Crippen MR) is 72.8 cm³/mol. The van der Waals surface area contributed by atoms with Gasteiger partial charge in [-0.15, -0.1) is 0 Å². The molecule has 0 saturated carbocycles. The highest BCUT2D eigenvalue weighted by atomic mass is 16.5. The van der Waals surface area contributed by atoms with Gasteiger partial charge in [0.15, 0.2) is 0 Å². The molecule has 108 valence electrons. The van der Waals surface area contributed by atoms with E-state index in [1.807, 2.05) is 0 Å². The van der Waals surface area contributed by atoms with E-state index >= 15 is 0 Å². The molecular formula is C14H29NO3. The maximum absolute atomic E-state index is 9.91. The van der Waals surface area contributed by atoms with Gasteiger partial charge in [-0.3, -0.25) is 0 Å². The zero-order valence-corrected chi connectivity index (χ0v) is 11.9. The van der Waals surface area contributed by atoms with Crippen LogP contribution in [0.3, 0.4) is 0 Å². The molecule has 1 saturated heterocycles. The van der Waals surface area contributed by atoms with Gasteiger partial charge in [-0.05, 0) is 38.3 Å². The van der Waals surface area contributed by atoms with Crippen LogP contribution >= 0.6 is 0 Å². The molecule has 0 radical (unpaired) electrons. The van der Waals surface area contributed by atoms with E-state index in [2.05, 4.69) is 11.8 Å². The highest BCUT2D eigenvalue weighted by Crippen LogP contribution is 2.20. The lowest BCUT2D eigenvalue weighted by molar-refractivity contribution is -0.000229. The monoisotopic (exact) mass is 259 g/mol. The average molecular weight is 259 g/mol. The number of aliphatic hydroxyl groups is 1. The van der Waals surface area contributed by atoms with Crippen molar-refractivity contribution in [1.82, 2.24) is 4.90 Å². The van der Waals surface area contributed by atoms with Crippen LogP contribution in [-0.4, -0.2) is 62.7 Å². The molecular weight excluding hydrogens is 230 g/mol. The normalized spacial score (nSPS) is 23.8. The zero-order chi connectivity index (χ0) is 13.2. The van der Waals surface area contributed by atoms with Crippen molar-refractivity contribution in [2.75, 3.05) is 46.6 Å². The fourth-order valence-electron chi connectivity index (χ4n) is 2.53. The Bertz CT molecular complexity index is 201. The topological polar surface area (TPSA) is 41.9 Å². The minimum atomic E-state index is -0.375. The quantitative estimate of drug-likeness (QED) is 0.671. The van der Waals surface area contributed by atoms with E-state index in [1.54, 1.807) is 7.11 Å². The summed E-state index contributed by atoms with van der Waals surface area (Å²) in [6, 6.07) is 0. The van der Waals surface area contributed by atoms with Crippen molar-refractivity contribution in [1.29, 1.82) is 0 Å². The molecule has 2 unspecified atom stereocenters. The molecule has 1 N–H and O–H groups in total. The molecule has 2 atom stereocenters. The fourth-order valence-corrected chi connectivity index (χ4v) is 2.53. The van der Waals surface area contributed by atoms with Crippen LogP contribution in [0.2, 0.25) is 0 Å². The summed E-state index contributed by atoms with van der Waals surface area (Å²) in [5.41, 5.74) is 0. The van der Waals surface area contributed by atoms with Gasteiger partial charge in [0.25, 0.3) is 0 Å². The Morgan fingerprint density at radius 3 is 2.83 bits per heavy atom. The molecule has 0 aromatic carbocycles. The predicted octanol–water partition coefficient (Wildman–Crippen LogP) is 1.52. The summed E-state index contributed by atoms with van der Waals surface area (Å²) < 4.78 is 10.2. The number of hydrogen-bond donors (Lipinski definition) is 1. The summed E-state index contributed by atoms with van der Waals surface area (Å²) in [7, 11) is 1.65. The Morgan fingerprint density at radius 2 is 2.11 bits per heavy atom. The van der Waals surface area contributed by atoms with E-state index < -0.39 is 0 Å². The van der Waals surface area contributed by atoms with Crippen LogP contribution in [0.5, 0.6) is 0 Å². The highest BCUT2D eigenvalue weighted by molar-refractivity contribution is 4.71. The Balaban J connectivity index is 2.12. The lowest BCUT2D eigenvalue weighted by Crippen LogP contribution is -2.35. The Labute approximate surface area is 111 Å². The van der Waals surface area contributed by atoms with Crippen LogP contribution in [0.25, 0.3) is 0 Å². The number of aliphatic hydroxyl groups excluding tert-OH is 1. The number of likely N-dealkylation sites (tertiary alicyclic amines) is 1. The van der Waals surface area contributed by atoms with E-state index in [4.69, 9.17) is 9.47 Å². The van der Waals surface area contributed by atoms with E-state index in [1.165, 1.54) is 25.7 Å². The lowest BCUT2D eigenvalue weighted by Gasteiger charge is -2.23. The van der Waals surface area contributed by atoms with Crippen LogP contribution in [0.1, 0.15) is 32.6 Å². The first-order valence-electron chi connectivity index (χ1n) is 7.23. The van der Waals surface area contributed by atoms with E-state index in [0.29, 0.717) is 19.8 Å². The minimum absolute atomic E-state index is 0.375. The smallest absolute Gasteiger partial charge is 0.0900 e. The summed E-state index contributed by atoms with van der Waals surface area (Å²) >= 11 is 0. The van der Waals surface area contributed by atoms with Gasteiger partial charge >= 0.3 is 0 Å². The average Bonchev–Trinajstić information content (AvgIpc) is 2.60. The molecule has 1 aliphatic heterocycles. The molecule has 0 aliphatic carbocycles. The van der Waals surface area contributed by atoms with Crippen molar-refractivity contribution >= 4 is 0 Å². The van der Waals surface area contributed by atoms with Crippen LogP contribution in [0, 0.1) is 5.92 Å². The third-order valence-electron chi connectivity index (χ3n) is 3.73. The number of rotatable bonds is 8. The molecule has 1 rings (SSSR count). The van der Waals surface area contributed by atoms with Crippen LogP contribution in [0.15, 0.2) is 0 Å². The van der Waals surface area contributed by atoms with Gasteiger partial charge in [0, 0.05) is 13.7 Å². The first kappa shape index (κ1) is 15.9. The van der Waals surface area contributed by atoms with E-state index in [-0.39, 0.29) is 6.10 Å². The summed E-state index contributed by atoms with van der Waals surface area (Å²) in [6.45, 7) is 6.82. The second-order valence-electron chi connectivity index (χ2n) is 5.23. The largest absolute Gasteiger partial charge is 0.389 e. The summed E-state index contributed by atoms with van der Waals surface area (Å²) in [6.07, 6.45) is 4.79. The van der Waals surface area contributed by atoms with Crippen LogP contribution in [0.4, 0.5) is 0 Å². The fraction of sp³-hybridized carbons (Fsp3) is 1.00. The van der Waals surface area contributed by atoms with Gasteiger partial charge in [-0.1, -0.05) is 13.3 Å². The van der Waals surface area contributed by atoms with Crippen molar-refractivity contribution < 1.29 is 14.6 Å². The Hall–Kier alpha value is -0.160. The number of hydrogen-bond acceptors (Lipinski definition) is 4. The molecule has 0 amide bonds. The molecule has 0 spiro atoms. The first-order valence-corrected chi connectivity index (χ1v) is 7.23. The van der Waals surface area contributed by atoms with Gasteiger partial charge in [-0.25, -0.2) is 0 Å². The zero-order valence-electron chi connectivity index (χ0n) is 11.9. The second-order valence-corrected chi connectivity index (χ2v) is 5.23. The van der Waals surface area contributed by atoms with Gasteiger partial charge in [0.05, 0.1) is 25.9 Å². The van der Waals surface area contributed by atoms with Gasteiger partial charge < -0.3 is 19.5 Å². The number of nitrogens with zero attached hydrogens (tertiary/aromatic N) is 1. The van der Waals surface area contributed by atoms with Gasteiger partial charge in [0.1, 0.15) is 0 Å².